The highest BCUT2D eigenvalue weighted by molar-refractivity contribution is 6.09. The summed E-state index contributed by atoms with van der Waals surface area (Å²) in [6.45, 7) is 0. The molecule has 0 amide bonds. The van der Waals surface area contributed by atoms with Gasteiger partial charge in [-0.15, -0.1) is 0 Å². The number of nitrogens with zero attached hydrogens (tertiary/aromatic N) is 2. The van der Waals surface area contributed by atoms with Crippen molar-refractivity contribution in [1.82, 2.24) is 15.2 Å². The van der Waals surface area contributed by atoms with Gasteiger partial charge in [-0.25, -0.2) is 4.99 Å². The summed E-state index contributed by atoms with van der Waals surface area (Å²) in [5.41, 5.74) is 8.49. The van der Waals surface area contributed by atoms with Crippen molar-refractivity contribution in [2.24, 2.45) is 4.99 Å². The first-order valence-electron chi connectivity index (χ1n) is 15.0. The third-order valence-electron chi connectivity index (χ3n) is 8.67. The van der Waals surface area contributed by atoms with Crippen molar-refractivity contribution in [3.05, 3.63) is 162 Å². The van der Waals surface area contributed by atoms with Gasteiger partial charge in [-0.05, 0) is 47.5 Å². The molecule has 5 nitrogen and oxygen atoms in total. The highest BCUT2D eigenvalue weighted by atomic mass is 16.3. The van der Waals surface area contributed by atoms with Crippen molar-refractivity contribution in [2.45, 2.75) is 12.3 Å². The zero-order valence-electron chi connectivity index (χ0n) is 23.8. The summed E-state index contributed by atoms with van der Waals surface area (Å²) in [5, 5.41) is 12.2. The van der Waals surface area contributed by atoms with Gasteiger partial charge in [0.05, 0.1) is 11.0 Å². The van der Waals surface area contributed by atoms with Gasteiger partial charge < -0.3 is 14.3 Å². The number of benzene rings is 6. The highest BCUT2D eigenvalue weighted by Gasteiger charge is 2.26. The van der Waals surface area contributed by atoms with Gasteiger partial charge in [0, 0.05) is 32.8 Å². The molecular weight excluding hydrogens is 540 g/mol. The van der Waals surface area contributed by atoms with Crippen LogP contribution in [0.1, 0.15) is 29.0 Å². The van der Waals surface area contributed by atoms with Crippen molar-refractivity contribution < 1.29 is 4.42 Å². The molecule has 44 heavy (non-hydrogen) atoms. The number of rotatable bonds is 4. The van der Waals surface area contributed by atoms with Gasteiger partial charge >= 0.3 is 0 Å². The number of furan rings is 1. The van der Waals surface area contributed by atoms with Crippen molar-refractivity contribution in [1.29, 1.82) is 0 Å². The summed E-state index contributed by atoms with van der Waals surface area (Å²) in [5.74, 6) is 0.853. The molecule has 0 radical (unpaired) electrons. The lowest BCUT2D eigenvalue weighted by Gasteiger charge is -2.32. The number of fused-ring (bicyclic) bond motifs is 6. The summed E-state index contributed by atoms with van der Waals surface area (Å²) < 4.78 is 8.60. The molecule has 0 aliphatic carbocycles. The molecule has 1 aliphatic heterocycles. The summed E-state index contributed by atoms with van der Waals surface area (Å²) in [4.78, 5) is 5.16. The molecule has 3 heterocycles. The number of hydrogen-bond donors (Lipinski definition) is 2. The van der Waals surface area contributed by atoms with Crippen LogP contribution in [0.15, 0.2) is 155 Å². The summed E-state index contributed by atoms with van der Waals surface area (Å²) in [6, 6.07) is 51.0. The average Bonchev–Trinajstić information content (AvgIpc) is 3.64. The van der Waals surface area contributed by atoms with Gasteiger partial charge in [0.1, 0.15) is 29.3 Å². The molecule has 1 aliphatic rings. The molecule has 0 saturated carbocycles. The third kappa shape index (κ3) is 4.02. The summed E-state index contributed by atoms with van der Waals surface area (Å²) in [7, 11) is 0. The summed E-state index contributed by atoms with van der Waals surface area (Å²) in [6.07, 6.45) is -0.446. The van der Waals surface area contributed by atoms with Gasteiger partial charge in [-0.1, -0.05) is 109 Å². The Morgan fingerprint density at radius 2 is 1.23 bits per heavy atom. The predicted molar refractivity (Wildman–Crippen MR) is 179 cm³/mol. The first kappa shape index (κ1) is 24.9. The molecule has 2 unspecified atom stereocenters. The van der Waals surface area contributed by atoms with E-state index in [9.17, 15) is 0 Å². The van der Waals surface area contributed by atoms with E-state index >= 15 is 0 Å². The molecule has 8 aromatic rings. The number of amidine groups is 1. The number of para-hydroxylation sites is 3. The van der Waals surface area contributed by atoms with Crippen LogP contribution in [0.5, 0.6) is 0 Å². The van der Waals surface area contributed by atoms with E-state index in [-0.39, 0.29) is 12.3 Å². The second-order valence-corrected chi connectivity index (χ2v) is 11.3. The van der Waals surface area contributed by atoms with Crippen LogP contribution < -0.4 is 10.6 Å². The summed E-state index contributed by atoms with van der Waals surface area (Å²) >= 11 is 0. The van der Waals surface area contributed by atoms with Crippen LogP contribution in [-0.2, 0) is 0 Å². The van der Waals surface area contributed by atoms with Crippen LogP contribution in [0.25, 0.3) is 49.4 Å². The molecule has 2 aromatic heterocycles. The van der Waals surface area contributed by atoms with E-state index in [1.165, 1.54) is 21.8 Å². The van der Waals surface area contributed by atoms with E-state index in [1.54, 1.807) is 0 Å². The fraction of sp³-hybridized carbons (Fsp3) is 0.0513. The second kappa shape index (κ2) is 9.97. The van der Waals surface area contributed by atoms with Crippen LogP contribution in [-0.4, -0.2) is 10.4 Å². The maximum Gasteiger partial charge on any atom is 0.135 e. The van der Waals surface area contributed by atoms with Crippen LogP contribution >= 0.6 is 0 Å². The quantitative estimate of drug-likeness (QED) is 0.223. The van der Waals surface area contributed by atoms with Crippen LogP contribution in [0.2, 0.25) is 0 Å². The van der Waals surface area contributed by atoms with Crippen molar-refractivity contribution in [3.8, 4) is 5.69 Å². The fourth-order valence-corrected chi connectivity index (χ4v) is 6.60. The largest absolute Gasteiger partial charge is 0.456 e. The first-order chi connectivity index (χ1) is 21.8. The van der Waals surface area contributed by atoms with Crippen molar-refractivity contribution in [3.63, 3.8) is 0 Å². The van der Waals surface area contributed by atoms with Gasteiger partial charge in [-0.2, -0.15) is 0 Å². The van der Waals surface area contributed by atoms with Gasteiger partial charge in [-0.3, -0.25) is 5.32 Å². The monoisotopic (exact) mass is 568 g/mol. The van der Waals surface area contributed by atoms with Gasteiger partial charge in [0.2, 0.25) is 0 Å². The Bertz CT molecular complexity index is 2310. The standard InChI is InChI=1S/C39H28N4O/c1-2-11-25(12-3-1)37-40-38(42-39(41-37)27-21-22-32-31-17-6-9-20-35(31)44-36(32)24-27)26-13-10-14-28(23-26)43-33-18-7-4-15-29(33)30-16-5-8-19-34(30)43/h1-24,38-39,42H,(H,40,41). The molecule has 2 N–H and O–H groups in total. The minimum absolute atomic E-state index is 0.174. The maximum absolute atomic E-state index is 6.24. The molecular formula is C39H28N4O. The van der Waals surface area contributed by atoms with E-state index in [0.717, 1.165) is 50.2 Å². The Kier molecular flexibility index (Phi) is 5.64. The molecule has 0 fully saturated rings. The second-order valence-electron chi connectivity index (χ2n) is 11.3. The molecule has 0 saturated heterocycles. The molecule has 6 aromatic carbocycles. The van der Waals surface area contributed by atoms with Crippen molar-refractivity contribution >= 4 is 49.6 Å². The Morgan fingerprint density at radius 3 is 2.02 bits per heavy atom. The zero-order valence-corrected chi connectivity index (χ0v) is 23.8. The van der Waals surface area contributed by atoms with Gasteiger partial charge in [0.15, 0.2) is 0 Å². The number of nitrogens with one attached hydrogen (secondary N) is 2. The lowest BCUT2D eigenvalue weighted by molar-refractivity contribution is 0.409. The smallest absolute Gasteiger partial charge is 0.135 e. The van der Waals surface area contributed by atoms with Crippen molar-refractivity contribution in [2.75, 3.05) is 0 Å². The molecule has 2 atom stereocenters. The van der Waals surface area contributed by atoms with Gasteiger partial charge in [0.25, 0.3) is 0 Å². The van der Waals surface area contributed by atoms with Crippen LogP contribution in [0, 0.1) is 0 Å². The van der Waals surface area contributed by atoms with E-state index in [0.29, 0.717) is 0 Å². The van der Waals surface area contributed by atoms with E-state index in [2.05, 4.69) is 137 Å². The SMILES string of the molecule is c1ccc(C2=NC(c3ccc4c(c3)oc3ccccc34)NC(c3cccc(-n4c5ccccc5c5ccccc54)c3)N2)cc1. The average molecular weight is 569 g/mol. The van der Waals surface area contributed by atoms with E-state index < -0.39 is 0 Å². The Hall–Kier alpha value is -5.65. The van der Waals surface area contributed by atoms with Crippen LogP contribution in [0.3, 0.4) is 0 Å². The molecule has 9 rings (SSSR count). The Balaban J connectivity index is 1.15. The molecule has 0 spiro atoms. The zero-order chi connectivity index (χ0) is 29.0. The Morgan fingerprint density at radius 1 is 0.545 bits per heavy atom. The number of hydrogen-bond acceptors (Lipinski definition) is 4. The molecule has 210 valence electrons. The third-order valence-corrected chi connectivity index (χ3v) is 8.67. The van der Waals surface area contributed by atoms with Crippen LogP contribution in [0.4, 0.5) is 0 Å². The predicted octanol–water partition coefficient (Wildman–Crippen LogP) is 9.02. The maximum atomic E-state index is 6.24. The fourth-order valence-electron chi connectivity index (χ4n) is 6.60. The first-order valence-corrected chi connectivity index (χ1v) is 15.0. The molecule has 5 heteroatoms. The van der Waals surface area contributed by atoms with E-state index in [4.69, 9.17) is 9.41 Å². The highest BCUT2D eigenvalue weighted by Crippen LogP contribution is 2.35. The minimum atomic E-state index is -0.272. The lowest BCUT2D eigenvalue weighted by atomic mass is 10.0. The topological polar surface area (TPSA) is 54.5 Å². The van der Waals surface area contributed by atoms with E-state index in [1.807, 2.05) is 24.3 Å². The lowest BCUT2D eigenvalue weighted by Crippen LogP contribution is -2.45. The molecule has 0 bridgehead atoms. The minimum Gasteiger partial charge on any atom is -0.456 e. The Labute approximate surface area is 254 Å². The normalized spacial score (nSPS) is 16.9. The number of aliphatic imine (C=N–C) groups is 1. The number of aromatic nitrogens is 1.